The van der Waals surface area contributed by atoms with Gasteiger partial charge < -0.3 is 10.6 Å². The van der Waals surface area contributed by atoms with Gasteiger partial charge in [0.15, 0.2) is 0 Å². The second-order valence-electron chi connectivity index (χ2n) is 3.77. The number of alkyl halides is 3. The van der Waals surface area contributed by atoms with Crippen molar-refractivity contribution in [1.29, 1.82) is 0 Å². The van der Waals surface area contributed by atoms with Gasteiger partial charge >= 0.3 is 6.18 Å². The minimum Gasteiger partial charge on any atom is -0.347 e. The van der Waals surface area contributed by atoms with Crippen LogP contribution in [0.4, 0.5) is 18.3 Å². The van der Waals surface area contributed by atoms with Crippen LogP contribution in [0.25, 0.3) is 0 Å². The lowest BCUT2D eigenvalue weighted by atomic mass is 10.2. The van der Waals surface area contributed by atoms with Crippen molar-refractivity contribution in [3.05, 3.63) is 5.01 Å². The fourth-order valence-electron chi connectivity index (χ4n) is 1.25. The summed E-state index contributed by atoms with van der Waals surface area (Å²) < 4.78 is 37.1. The summed E-state index contributed by atoms with van der Waals surface area (Å²) in [6, 6.07) is 0. The SMILES string of the molecule is CCN(CC(C)CN)c1nnc(C(F)(F)F)s1. The van der Waals surface area contributed by atoms with Crippen LogP contribution in [0.2, 0.25) is 0 Å². The van der Waals surface area contributed by atoms with Crippen LogP contribution in [0.1, 0.15) is 18.9 Å². The Labute approximate surface area is 102 Å². The lowest BCUT2D eigenvalue weighted by Gasteiger charge is -2.22. The largest absolute Gasteiger partial charge is 0.445 e. The number of hydrogen-bond acceptors (Lipinski definition) is 5. The monoisotopic (exact) mass is 268 g/mol. The van der Waals surface area contributed by atoms with Gasteiger partial charge in [-0.2, -0.15) is 13.2 Å². The van der Waals surface area contributed by atoms with Gasteiger partial charge in [-0.05, 0) is 19.4 Å². The molecule has 8 heteroatoms. The summed E-state index contributed by atoms with van der Waals surface area (Å²) in [5, 5.41) is 6.12. The first-order chi connectivity index (χ1) is 7.88. The van der Waals surface area contributed by atoms with Crippen molar-refractivity contribution in [2.24, 2.45) is 11.7 Å². The van der Waals surface area contributed by atoms with Crippen LogP contribution in [0.3, 0.4) is 0 Å². The van der Waals surface area contributed by atoms with E-state index in [0.717, 1.165) is 0 Å². The van der Waals surface area contributed by atoms with Gasteiger partial charge in [0.25, 0.3) is 0 Å². The molecule has 1 atom stereocenters. The van der Waals surface area contributed by atoms with E-state index in [2.05, 4.69) is 10.2 Å². The predicted octanol–water partition coefficient (Wildman–Crippen LogP) is 1.98. The van der Waals surface area contributed by atoms with E-state index in [1.165, 1.54) is 0 Å². The standard InChI is InChI=1S/C9H15F3N4S/c1-3-16(5-6(2)4-13)8-15-14-7(17-8)9(10,11)12/h6H,3-5,13H2,1-2H3. The van der Waals surface area contributed by atoms with Crippen molar-refractivity contribution in [3.8, 4) is 0 Å². The molecular formula is C9H15F3N4S. The third kappa shape index (κ3) is 3.81. The lowest BCUT2D eigenvalue weighted by molar-refractivity contribution is -0.138. The molecule has 0 saturated carbocycles. The molecule has 1 rings (SSSR count). The molecule has 17 heavy (non-hydrogen) atoms. The van der Waals surface area contributed by atoms with E-state index in [-0.39, 0.29) is 5.92 Å². The molecule has 0 radical (unpaired) electrons. The Morgan fingerprint density at radius 3 is 2.47 bits per heavy atom. The van der Waals surface area contributed by atoms with Crippen LogP contribution in [0, 0.1) is 5.92 Å². The summed E-state index contributed by atoms with van der Waals surface area (Å²) >= 11 is 0.563. The van der Waals surface area contributed by atoms with Crippen LogP contribution in [0.15, 0.2) is 0 Å². The van der Waals surface area contributed by atoms with E-state index in [1.54, 1.807) is 4.90 Å². The first-order valence-electron chi connectivity index (χ1n) is 5.24. The molecule has 98 valence electrons. The molecular weight excluding hydrogens is 253 g/mol. The van der Waals surface area contributed by atoms with Gasteiger partial charge in [-0.3, -0.25) is 0 Å². The number of aromatic nitrogens is 2. The Bertz CT molecular complexity index is 352. The highest BCUT2D eigenvalue weighted by molar-refractivity contribution is 7.15. The topological polar surface area (TPSA) is 55.0 Å². The molecule has 0 amide bonds. The van der Waals surface area contributed by atoms with Gasteiger partial charge in [0, 0.05) is 13.1 Å². The molecule has 1 unspecified atom stereocenters. The molecule has 0 fully saturated rings. The summed E-state index contributed by atoms with van der Waals surface area (Å²) in [4.78, 5) is 1.75. The lowest BCUT2D eigenvalue weighted by Crippen LogP contribution is -2.31. The van der Waals surface area contributed by atoms with Gasteiger partial charge in [0.1, 0.15) is 0 Å². The highest BCUT2D eigenvalue weighted by atomic mass is 32.1. The highest BCUT2D eigenvalue weighted by Crippen LogP contribution is 2.34. The summed E-state index contributed by atoms with van der Waals surface area (Å²) in [6.07, 6.45) is -4.42. The van der Waals surface area contributed by atoms with E-state index in [4.69, 9.17) is 5.73 Å². The summed E-state index contributed by atoms with van der Waals surface area (Å²) in [6.45, 7) is 5.45. The van der Waals surface area contributed by atoms with Crippen molar-refractivity contribution in [3.63, 3.8) is 0 Å². The molecule has 1 heterocycles. The van der Waals surface area contributed by atoms with Crippen LogP contribution in [0.5, 0.6) is 0 Å². The number of hydrogen-bond donors (Lipinski definition) is 1. The number of nitrogens with zero attached hydrogens (tertiary/aromatic N) is 3. The molecule has 2 N–H and O–H groups in total. The third-order valence-electron chi connectivity index (χ3n) is 2.24. The van der Waals surface area contributed by atoms with E-state index < -0.39 is 11.2 Å². The van der Waals surface area contributed by atoms with Gasteiger partial charge in [-0.15, -0.1) is 10.2 Å². The van der Waals surface area contributed by atoms with Gasteiger partial charge in [0.2, 0.25) is 10.1 Å². The summed E-state index contributed by atoms with van der Waals surface area (Å²) in [5.41, 5.74) is 5.49. The average molecular weight is 268 g/mol. The average Bonchev–Trinajstić information content (AvgIpc) is 2.74. The van der Waals surface area contributed by atoms with Crippen molar-refractivity contribution in [2.45, 2.75) is 20.0 Å². The number of rotatable bonds is 5. The fourth-order valence-corrected chi connectivity index (χ4v) is 2.04. The normalized spacial score (nSPS) is 13.8. The Morgan fingerprint density at radius 2 is 2.06 bits per heavy atom. The van der Waals surface area contributed by atoms with Crippen LogP contribution in [-0.2, 0) is 6.18 Å². The Morgan fingerprint density at radius 1 is 1.41 bits per heavy atom. The van der Waals surface area contributed by atoms with Crippen LogP contribution in [-0.4, -0.2) is 29.8 Å². The van der Waals surface area contributed by atoms with E-state index in [0.29, 0.717) is 36.1 Å². The van der Waals surface area contributed by atoms with E-state index in [9.17, 15) is 13.2 Å². The maximum absolute atomic E-state index is 12.4. The Kier molecular flexibility index (Phi) is 4.70. The molecule has 0 spiro atoms. The molecule has 0 aliphatic heterocycles. The molecule has 0 saturated heterocycles. The van der Waals surface area contributed by atoms with Crippen molar-refractivity contribution in [1.82, 2.24) is 10.2 Å². The molecule has 4 nitrogen and oxygen atoms in total. The zero-order chi connectivity index (χ0) is 13.1. The third-order valence-corrected chi connectivity index (χ3v) is 3.27. The Hall–Kier alpha value is -0.890. The number of halogens is 3. The molecule has 1 aromatic rings. The maximum Gasteiger partial charge on any atom is 0.445 e. The highest BCUT2D eigenvalue weighted by Gasteiger charge is 2.36. The first-order valence-corrected chi connectivity index (χ1v) is 6.05. The quantitative estimate of drug-likeness (QED) is 0.887. The van der Waals surface area contributed by atoms with Crippen LogP contribution < -0.4 is 10.6 Å². The first kappa shape index (κ1) is 14.2. The second-order valence-corrected chi connectivity index (χ2v) is 4.72. The van der Waals surface area contributed by atoms with Crippen molar-refractivity contribution in [2.75, 3.05) is 24.5 Å². The molecule has 0 aliphatic rings. The van der Waals surface area contributed by atoms with Crippen molar-refractivity contribution < 1.29 is 13.2 Å². The van der Waals surface area contributed by atoms with E-state index >= 15 is 0 Å². The minimum atomic E-state index is -4.42. The summed E-state index contributed by atoms with van der Waals surface area (Å²) in [5.74, 6) is 0.202. The molecule has 1 aromatic heterocycles. The smallest absolute Gasteiger partial charge is 0.347 e. The Balaban J connectivity index is 2.79. The van der Waals surface area contributed by atoms with Gasteiger partial charge in [0.05, 0.1) is 0 Å². The minimum absolute atomic E-state index is 0.202. The van der Waals surface area contributed by atoms with Crippen molar-refractivity contribution >= 4 is 16.5 Å². The van der Waals surface area contributed by atoms with E-state index in [1.807, 2.05) is 13.8 Å². The molecule has 0 bridgehead atoms. The number of nitrogens with two attached hydrogens (primary N) is 1. The second kappa shape index (κ2) is 5.63. The zero-order valence-corrected chi connectivity index (χ0v) is 10.5. The van der Waals surface area contributed by atoms with Crippen LogP contribution >= 0.6 is 11.3 Å². The van der Waals surface area contributed by atoms with Gasteiger partial charge in [-0.1, -0.05) is 18.3 Å². The molecule has 0 aromatic carbocycles. The maximum atomic E-state index is 12.4. The van der Waals surface area contributed by atoms with Gasteiger partial charge in [-0.25, -0.2) is 0 Å². The zero-order valence-electron chi connectivity index (χ0n) is 9.66. The number of anilines is 1. The predicted molar refractivity (Wildman–Crippen MR) is 61.0 cm³/mol. The molecule has 0 aliphatic carbocycles. The summed E-state index contributed by atoms with van der Waals surface area (Å²) in [7, 11) is 0. The fraction of sp³-hybridized carbons (Fsp3) is 0.778.